The van der Waals surface area contributed by atoms with Gasteiger partial charge >= 0.3 is 0 Å². The number of carbonyl (C=O) groups excluding carboxylic acids is 1. The maximum Gasteiger partial charge on any atom is 0.255 e. The summed E-state index contributed by atoms with van der Waals surface area (Å²) in [5, 5.41) is 12.3. The fraction of sp³-hybridized carbons (Fsp3) is 0.200. The van der Waals surface area contributed by atoms with Crippen molar-refractivity contribution >= 4 is 11.6 Å². The number of phenols is 1. The van der Waals surface area contributed by atoms with Crippen molar-refractivity contribution in [2.45, 2.75) is 13.8 Å². The average molecular weight is 272 g/mol. The van der Waals surface area contributed by atoms with E-state index in [0.717, 1.165) is 5.56 Å². The largest absolute Gasteiger partial charge is 0.508 e. The molecule has 0 spiro atoms. The molecule has 0 fully saturated rings. The van der Waals surface area contributed by atoms with Crippen molar-refractivity contribution in [2.75, 3.05) is 5.32 Å². The van der Waals surface area contributed by atoms with Crippen LogP contribution in [0, 0.1) is 13.8 Å². The summed E-state index contributed by atoms with van der Waals surface area (Å²) in [6, 6.07) is 6.16. The molecule has 5 heteroatoms. The average Bonchev–Trinajstić information content (AvgIpc) is 2.39. The number of phenolic OH excluding ortho intramolecular Hbond substituents is 1. The van der Waals surface area contributed by atoms with Crippen LogP contribution in [0.5, 0.6) is 5.75 Å². The molecule has 0 saturated carbocycles. The highest BCUT2D eigenvalue weighted by molar-refractivity contribution is 6.04. The van der Waals surface area contributed by atoms with Crippen LogP contribution in [0.2, 0.25) is 0 Å². The van der Waals surface area contributed by atoms with Crippen molar-refractivity contribution < 1.29 is 9.90 Å². The number of carbonyl (C=O) groups is 1. The smallest absolute Gasteiger partial charge is 0.255 e. The van der Waals surface area contributed by atoms with Gasteiger partial charge in [0.2, 0.25) is 0 Å². The predicted octanol–water partition coefficient (Wildman–Crippen LogP) is 1.96. The van der Waals surface area contributed by atoms with Gasteiger partial charge < -0.3 is 15.0 Å². The van der Waals surface area contributed by atoms with E-state index in [2.05, 4.69) is 5.32 Å². The molecule has 0 bridgehead atoms. The fourth-order valence-electron chi connectivity index (χ4n) is 1.82. The quantitative estimate of drug-likeness (QED) is 0.821. The molecule has 0 aliphatic heterocycles. The van der Waals surface area contributed by atoms with Crippen LogP contribution in [-0.2, 0) is 7.05 Å². The van der Waals surface area contributed by atoms with Gasteiger partial charge in [0.15, 0.2) is 0 Å². The van der Waals surface area contributed by atoms with Gasteiger partial charge in [0.05, 0.1) is 0 Å². The highest BCUT2D eigenvalue weighted by Crippen LogP contribution is 2.25. The van der Waals surface area contributed by atoms with Gasteiger partial charge in [-0.15, -0.1) is 0 Å². The number of aromatic hydroxyl groups is 1. The van der Waals surface area contributed by atoms with Gasteiger partial charge in [0.1, 0.15) is 5.75 Å². The van der Waals surface area contributed by atoms with E-state index in [4.69, 9.17) is 0 Å². The maximum absolute atomic E-state index is 12.1. The lowest BCUT2D eigenvalue weighted by Gasteiger charge is -2.11. The van der Waals surface area contributed by atoms with Crippen LogP contribution in [0.3, 0.4) is 0 Å². The predicted molar refractivity (Wildman–Crippen MR) is 77.2 cm³/mol. The first kappa shape index (κ1) is 13.9. The van der Waals surface area contributed by atoms with Crippen LogP contribution >= 0.6 is 0 Å². The van der Waals surface area contributed by atoms with E-state index >= 15 is 0 Å². The lowest BCUT2D eigenvalue weighted by Crippen LogP contribution is -2.20. The number of hydrogen-bond acceptors (Lipinski definition) is 3. The number of amides is 1. The minimum Gasteiger partial charge on any atom is -0.508 e. The Morgan fingerprint density at radius 3 is 2.55 bits per heavy atom. The van der Waals surface area contributed by atoms with Gasteiger partial charge in [-0.3, -0.25) is 9.59 Å². The SMILES string of the molecule is Cc1cc(NC(=O)c2ccn(C)c(=O)c2)c(C)cc1O. The van der Waals surface area contributed by atoms with Crippen molar-refractivity contribution in [3.63, 3.8) is 0 Å². The number of nitrogens with zero attached hydrogens (tertiary/aromatic N) is 1. The zero-order chi connectivity index (χ0) is 14.9. The van der Waals surface area contributed by atoms with Gasteiger partial charge in [-0.1, -0.05) is 0 Å². The summed E-state index contributed by atoms with van der Waals surface area (Å²) in [5.41, 5.74) is 2.11. The van der Waals surface area contributed by atoms with Gasteiger partial charge in [-0.05, 0) is 43.2 Å². The Kier molecular flexibility index (Phi) is 3.61. The molecule has 2 aromatic rings. The summed E-state index contributed by atoms with van der Waals surface area (Å²) in [6.45, 7) is 3.54. The molecule has 0 saturated heterocycles. The minimum absolute atomic E-state index is 0.189. The molecule has 2 rings (SSSR count). The molecule has 1 aromatic carbocycles. The van der Waals surface area contributed by atoms with E-state index in [1.807, 2.05) is 0 Å². The molecule has 104 valence electrons. The van der Waals surface area contributed by atoms with Crippen molar-refractivity contribution in [1.29, 1.82) is 0 Å². The van der Waals surface area contributed by atoms with Gasteiger partial charge in [-0.2, -0.15) is 0 Å². The Bertz CT molecular complexity index is 732. The van der Waals surface area contributed by atoms with Crippen LogP contribution in [0.4, 0.5) is 5.69 Å². The number of pyridine rings is 1. The Labute approximate surface area is 116 Å². The number of aryl methyl sites for hydroxylation is 3. The zero-order valence-corrected chi connectivity index (χ0v) is 11.6. The van der Waals surface area contributed by atoms with Crippen molar-refractivity contribution in [2.24, 2.45) is 7.05 Å². The maximum atomic E-state index is 12.1. The Morgan fingerprint density at radius 1 is 1.20 bits per heavy atom. The van der Waals surface area contributed by atoms with Crippen LogP contribution < -0.4 is 10.9 Å². The highest BCUT2D eigenvalue weighted by atomic mass is 16.3. The van der Waals surface area contributed by atoms with Crippen LogP contribution in [-0.4, -0.2) is 15.6 Å². The van der Waals surface area contributed by atoms with E-state index < -0.39 is 0 Å². The Balaban J connectivity index is 2.30. The van der Waals surface area contributed by atoms with Crippen LogP contribution in [0.25, 0.3) is 0 Å². The third-order valence-electron chi connectivity index (χ3n) is 3.16. The van der Waals surface area contributed by atoms with Crippen LogP contribution in [0.1, 0.15) is 21.5 Å². The standard InChI is InChI=1S/C15H16N2O3/c1-9-7-13(18)10(2)6-12(9)16-15(20)11-4-5-17(3)14(19)8-11/h4-8,18H,1-3H3,(H,16,20). The summed E-state index contributed by atoms with van der Waals surface area (Å²) >= 11 is 0. The number of hydrogen-bond donors (Lipinski definition) is 2. The fourth-order valence-corrected chi connectivity index (χ4v) is 1.82. The second kappa shape index (κ2) is 5.21. The molecular formula is C15H16N2O3. The molecule has 0 aliphatic carbocycles. The van der Waals surface area contributed by atoms with Crippen molar-refractivity contribution in [3.8, 4) is 5.75 Å². The monoisotopic (exact) mass is 272 g/mol. The second-order valence-electron chi connectivity index (χ2n) is 4.77. The molecule has 1 heterocycles. The molecule has 0 aliphatic rings. The zero-order valence-electron chi connectivity index (χ0n) is 11.6. The van der Waals surface area contributed by atoms with E-state index in [0.29, 0.717) is 16.8 Å². The lowest BCUT2D eigenvalue weighted by atomic mass is 10.1. The van der Waals surface area contributed by atoms with E-state index in [1.54, 1.807) is 45.3 Å². The molecule has 1 amide bonds. The van der Waals surface area contributed by atoms with Gasteiger partial charge in [0.25, 0.3) is 11.5 Å². The van der Waals surface area contributed by atoms with E-state index in [9.17, 15) is 14.7 Å². The molecule has 1 aromatic heterocycles. The van der Waals surface area contributed by atoms with Crippen LogP contribution in [0.15, 0.2) is 35.3 Å². The van der Waals surface area contributed by atoms with Gasteiger partial charge in [0, 0.05) is 30.6 Å². The van der Waals surface area contributed by atoms with Crippen molar-refractivity contribution in [1.82, 2.24) is 4.57 Å². The third-order valence-corrected chi connectivity index (χ3v) is 3.16. The number of nitrogens with one attached hydrogen (secondary N) is 1. The summed E-state index contributed by atoms with van der Waals surface area (Å²) in [5.74, 6) is -0.162. The summed E-state index contributed by atoms with van der Waals surface area (Å²) in [6.07, 6.45) is 1.55. The minimum atomic E-state index is -0.351. The molecule has 5 nitrogen and oxygen atoms in total. The summed E-state index contributed by atoms with van der Waals surface area (Å²) in [7, 11) is 1.62. The molecule has 2 N–H and O–H groups in total. The highest BCUT2D eigenvalue weighted by Gasteiger charge is 2.10. The number of aromatic nitrogens is 1. The number of anilines is 1. The molecule has 0 radical (unpaired) electrons. The third kappa shape index (κ3) is 2.71. The topological polar surface area (TPSA) is 71.3 Å². The molecule has 0 atom stereocenters. The Hall–Kier alpha value is -2.56. The summed E-state index contributed by atoms with van der Waals surface area (Å²) < 4.78 is 1.40. The number of benzene rings is 1. The summed E-state index contributed by atoms with van der Waals surface area (Å²) in [4.78, 5) is 23.6. The van der Waals surface area contributed by atoms with E-state index in [-0.39, 0.29) is 17.2 Å². The van der Waals surface area contributed by atoms with Gasteiger partial charge in [-0.25, -0.2) is 0 Å². The second-order valence-corrected chi connectivity index (χ2v) is 4.77. The lowest BCUT2D eigenvalue weighted by molar-refractivity contribution is 0.102. The van der Waals surface area contributed by atoms with E-state index in [1.165, 1.54) is 10.6 Å². The molecule has 20 heavy (non-hydrogen) atoms. The normalized spacial score (nSPS) is 10.3. The first-order chi connectivity index (χ1) is 9.38. The van der Waals surface area contributed by atoms with Crippen molar-refractivity contribution in [3.05, 3.63) is 57.5 Å². The first-order valence-electron chi connectivity index (χ1n) is 6.16. The molecular weight excluding hydrogens is 256 g/mol. The number of rotatable bonds is 2. The molecule has 0 unspecified atom stereocenters. The first-order valence-corrected chi connectivity index (χ1v) is 6.16. The Morgan fingerprint density at radius 2 is 1.90 bits per heavy atom.